The van der Waals surface area contributed by atoms with Crippen LogP contribution in [0.3, 0.4) is 0 Å². The van der Waals surface area contributed by atoms with Crippen LogP contribution in [0.15, 0.2) is 24.3 Å². The van der Waals surface area contributed by atoms with Crippen LogP contribution in [-0.2, 0) is 4.79 Å². The smallest absolute Gasteiger partial charge is 0.238 e. The molecular weight excluding hydrogens is 264 g/mol. The van der Waals surface area contributed by atoms with Gasteiger partial charge in [-0.25, -0.2) is 0 Å². The van der Waals surface area contributed by atoms with Gasteiger partial charge in [-0.3, -0.25) is 4.79 Å². The minimum absolute atomic E-state index is 0.00841. The summed E-state index contributed by atoms with van der Waals surface area (Å²) in [6.07, 6.45) is 6.58. The zero-order valence-corrected chi connectivity index (χ0v) is 13.0. The first-order valence-electron chi connectivity index (χ1n) is 7.86. The summed E-state index contributed by atoms with van der Waals surface area (Å²) in [5, 5.41) is 6.25. The molecule has 4 heteroatoms. The molecule has 0 radical (unpaired) electrons. The van der Waals surface area contributed by atoms with Crippen LogP contribution in [0.2, 0.25) is 0 Å². The molecule has 1 aliphatic rings. The number of ether oxygens (including phenoxy) is 1. The van der Waals surface area contributed by atoms with Crippen LogP contribution >= 0.6 is 0 Å². The lowest BCUT2D eigenvalue weighted by Gasteiger charge is -2.28. The van der Waals surface area contributed by atoms with Gasteiger partial charge in [0.25, 0.3) is 0 Å². The molecule has 0 spiro atoms. The average Bonchev–Trinajstić information content (AvgIpc) is 2.53. The molecule has 0 aromatic heterocycles. The maximum absolute atomic E-state index is 12.0. The third-order valence-electron chi connectivity index (χ3n) is 4.30. The van der Waals surface area contributed by atoms with Crippen LogP contribution in [0.4, 0.5) is 5.69 Å². The first-order valence-corrected chi connectivity index (χ1v) is 7.86. The summed E-state index contributed by atoms with van der Waals surface area (Å²) in [6, 6.07) is 7.82. The molecule has 1 aliphatic carbocycles. The molecule has 0 bridgehead atoms. The molecule has 21 heavy (non-hydrogen) atoms. The Balaban J connectivity index is 1.76. The van der Waals surface area contributed by atoms with Crippen molar-refractivity contribution < 1.29 is 9.53 Å². The molecule has 1 saturated carbocycles. The van der Waals surface area contributed by atoms with Gasteiger partial charge in [-0.1, -0.05) is 25.3 Å². The molecule has 1 amide bonds. The van der Waals surface area contributed by atoms with Crippen molar-refractivity contribution in [3.63, 3.8) is 0 Å². The molecule has 1 aromatic rings. The summed E-state index contributed by atoms with van der Waals surface area (Å²) in [4.78, 5) is 12.0. The van der Waals surface area contributed by atoms with Crippen molar-refractivity contribution in [3.8, 4) is 5.75 Å². The average molecular weight is 290 g/mol. The molecule has 2 rings (SSSR count). The molecule has 0 aliphatic heterocycles. The van der Waals surface area contributed by atoms with Gasteiger partial charge >= 0.3 is 0 Å². The highest BCUT2D eigenvalue weighted by Crippen LogP contribution is 2.26. The number of anilines is 1. The second-order valence-corrected chi connectivity index (χ2v) is 5.85. The molecule has 0 unspecified atom stereocenters. The van der Waals surface area contributed by atoms with Gasteiger partial charge < -0.3 is 15.4 Å². The quantitative estimate of drug-likeness (QED) is 0.846. The predicted molar refractivity (Wildman–Crippen MR) is 85.7 cm³/mol. The third kappa shape index (κ3) is 5.05. The van der Waals surface area contributed by atoms with Crippen molar-refractivity contribution in [2.45, 2.75) is 45.1 Å². The van der Waals surface area contributed by atoms with E-state index in [1.54, 1.807) is 7.11 Å². The van der Waals surface area contributed by atoms with E-state index in [1.165, 1.54) is 32.1 Å². The van der Waals surface area contributed by atoms with E-state index in [-0.39, 0.29) is 5.91 Å². The first kappa shape index (κ1) is 15.8. The highest BCUT2D eigenvalue weighted by Gasteiger charge is 2.20. The molecule has 116 valence electrons. The van der Waals surface area contributed by atoms with Crippen molar-refractivity contribution in [2.24, 2.45) is 5.92 Å². The number of nitrogens with one attached hydrogen (secondary N) is 2. The fourth-order valence-corrected chi connectivity index (χ4v) is 2.96. The number of carbonyl (C=O) groups excluding carboxylic acids is 1. The molecule has 1 fully saturated rings. The van der Waals surface area contributed by atoms with Crippen LogP contribution in [-0.4, -0.2) is 25.6 Å². The van der Waals surface area contributed by atoms with Gasteiger partial charge in [-0.15, -0.1) is 0 Å². The van der Waals surface area contributed by atoms with Gasteiger partial charge in [0.15, 0.2) is 0 Å². The van der Waals surface area contributed by atoms with Gasteiger partial charge in [-0.2, -0.15) is 0 Å². The van der Waals surface area contributed by atoms with E-state index in [0.717, 1.165) is 11.4 Å². The van der Waals surface area contributed by atoms with E-state index in [9.17, 15) is 4.79 Å². The van der Waals surface area contributed by atoms with Crippen LogP contribution in [0.5, 0.6) is 5.75 Å². The fraction of sp³-hybridized carbons (Fsp3) is 0.588. The Morgan fingerprint density at radius 3 is 2.81 bits per heavy atom. The van der Waals surface area contributed by atoms with Gasteiger partial charge in [0, 0.05) is 17.8 Å². The van der Waals surface area contributed by atoms with Crippen LogP contribution in [0.25, 0.3) is 0 Å². The lowest BCUT2D eigenvalue weighted by atomic mass is 9.84. The van der Waals surface area contributed by atoms with Gasteiger partial charge in [-0.05, 0) is 37.8 Å². The highest BCUT2D eigenvalue weighted by molar-refractivity contribution is 5.92. The summed E-state index contributed by atoms with van der Waals surface area (Å²) in [6.45, 7) is 2.55. The van der Waals surface area contributed by atoms with Crippen LogP contribution < -0.4 is 15.4 Å². The zero-order chi connectivity index (χ0) is 15.1. The van der Waals surface area contributed by atoms with Crippen molar-refractivity contribution in [1.29, 1.82) is 0 Å². The zero-order valence-electron chi connectivity index (χ0n) is 13.0. The Bertz CT molecular complexity index is 456. The molecule has 0 heterocycles. The number of hydrogen-bond acceptors (Lipinski definition) is 3. The second-order valence-electron chi connectivity index (χ2n) is 5.85. The number of methoxy groups -OCH3 is 1. The SMILES string of the molecule is COc1cccc(NC(=O)CN[C@H](C)C2CCCCC2)c1. The Morgan fingerprint density at radius 1 is 1.33 bits per heavy atom. The number of rotatable bonds is 6. The van der Waals surface area contributed by atoms with E-state index in [0.29, 0.717) is 18.5 Å². The predicted octanol–water partition coefficient (Wildman–Crippen LogP) is 3.19. The molecule has 1 atom stereocenters. The Morgan fingerprint density at radius 2 is 2.10 bits per heavy atom. The molecule has 4 nitrogen and oxygen atoms in total. The number of carbonyl (C=O) groups is 1. The normalized spacial score (nSPS) is 17.2. The largest absolute Gasteiger partial charge is 0.497 e. The van der Waals surface area contributed by atoms with E-state index >= 15 is 0 Å². The summed E-state index contributed by atoms with van der Waals surface area (Å²) in [5.41, 5.74) is 0.770. The Kier molecular flexibility index (Phi) is 6.05. The van der Waals surface area contributed by atoms with E-state index < -0.39 is 0 Å². The third-order valence-corrected chi connectivity index (χ3v) is 4.30. The maximum Gasteiger partial charge on any atom is 0.238 e. The minimum Gasteiger partial charge on any atom is -0.497 e. The van der Waals surface area contributed by atoms with Crippen molar-refractivity contribution in [2.75, 3.05) is 19.0 Å². The fourth-order valence-electron chi connectivity index (χ4n) is 2.96. The lowest BCUT2D eigenvalue weighted by Crippen LogP contribution is -2.39. The summed E-state index contributed by atoms with van der Waals surface area (Å²) >= 11 is 0. The van der Waals surface area contributed by atoms with Gasteiger partial charge in [0.2, 0.25) is 5.91 Å². The molecule has 1 aromatic carbocycles. The maximum atomic E-state index is 12.0. The molecule has 0 saturated heterocycles. The Labute approximate surface area is 127 Å². The summed E-state index contributed by atoms with van der Waals surface area (Å²) < 4.78 is 5.15. The molecule has 2 N–H and O–H groups in total. The van der Waals surface area contributed by atoms with Crippen molar-refractivity contribution in [3.05, 3.63) is 24.3 Å². The van der Waals surface area contributed by atoms with Gasteiger partial charge in [0.05, 0.1) is 13.7 Å². The highest BCUT2D eigenvalue weighted by atomic mass is 16.5. The minimum atomic E-state index is -0.00841. The topological polar surface area (TPSA) is 50.4 Å². The van der Waals surface area contributed by atoms with E-state index in [4.69, 9.17) is 4.74 Å². The van der Waals surface area contributed by atoms with Crippen molar-refractivity contribution in [1.82, 2.24) is 5.32 Å². The van der Waals surface area contributed by atoms with Crippen LogP contribution in [0, 0.1) is 5.92 Å². The molecular formula is C17H26N2O2. The number of benzene rings is 1. The monoisotopic (exact) mass is 290 g/mol. The Hall–Kier alpha value is -1.55. The van der Waals surface area contributed by atoms with E-state index in [1.807, 2.05) is 24.3 Å². The first-order chi connectivity index (χ1) is 10.2. The van der Waals surface area contributed by atoms with E-state index in [2.05, 4.69) is 17.6 Å². The summed E-state index contributed by atoms with van der Waals surface area (Å²) in [5.74, 6) is 1.45. The van der Waals surface area contributed by atoms with Gasteiger partial charge in [0.1, 0.15) is 5.75 Å². The number of amides is 1. The standard InChI is InChI=1S/C17H26N2O2/c1-13(14-7-4-3-5-8-14)18-12-17(20)19-15-9-6-10-16(11-15)21-2/h6,9-11,13-14,18H,3-5,7-8,12H2,1-2H3,(H,19,20)/t13-/m1/s1. The lowest BCUT2D eigenvalue weighted by molar-refractivity contribution is -0.115. The van der Waals surface area contributed by atoms with Crippen LogP contribution in [0.1, 0.15) is 39.0 Å². The second kappa shape index (κ2) is 8.03. The number of hydrogen-bond donors (Lipinski definition) is 2. The summed E-state index contributed by atoms with van der Waals surface area (Å²) in [7, 11) is 1.62. The van der Waals surface area contributed by atoms with Crippen molar-refractivity contribution >= 4 is 11.6 Å².